The minimum absolute atomic E-state index is 0.420. The Bertz CT molecular complexity index is 447. The van der Waals surface area contributed by atoms with E-state index in [2.05, 4.69) is 24.1 Å². The molecule has 1 aliphatic rings. The molecule has 0 spiro atoms. The molecule has 0 saturated heterocycles. The van der Waals surface area contributed by atoms with Crippen LogP contribution in [-0.4, -0.2) is 22.8 Å². The van der Waals surface area contributed by atoms with Crippen molar-refractivity contribution in [2.75, 3.05) is 6.54 Å². The fraction of sp³-hybridized carbons (Fsp3) is 0.667. The van der Waals surface area contributed by atoms with Gasteiger partial charge < -0.3 is 5.32 Å². The molecule has 3 atom stereocenters. The molecule has 1 aromatic heterocycles. The van der Waals surface area contributed by atoms with Crippen LogP contribution < -0.4 is 5.32 Å². The van der Waals surface area contributed by atoms with Gasteiger partial charge in [-0.05, 0) is 43.9 Å². The summed E-state index contributed by atoms with van der Waals surface area (Å²) < 4.78 is 37.5. The fourth-order valence-corrected chi connectivity index (χ4v) is 3.91. The highest BCUT2D eigenvalue weighted by atomic mass is 32.2. The highest BCUT2D eigenvalue weighted by Crippen LogP contribution is 2.39. The van der Waals surface area contributed by atoms with Crippen molar-refractivity contribution in [1.29, 1.82) is 0 Å². The highest BCUT2D eigenvalue weighted by Gasteiger charge is 2.34. The first-order valence-corrected chi connectivity index (χ1v) is 8.23. The number of halogens is 3. The van der Waals surface area contributed by atoms with Gasteiger partial charge in [-0.2, -0.15) is 13.2 Å². The Morgan fingerprint density at radius 3 is 2.67 bits per heavy atom. The van der Waals surface area contributed by atoms with Gasteiger partial charge in [-0.25, -0.2) is 4.98 Å². The van der Waals surface area contributed by atoms with Gasteiger partial charge in [-0.1, -0.05) is 13.8 Å². The number of aromatic nitrogens is 1. The van der Waals surface area contributed by atoms with Crippen LogP contribution in [0.5, 0.6) is 0 Å². The molecule has 3 unspecified atom stereocenters. The zero-order valence-electron chi connectivity index (χ0n) is 12.3. The Labute approximate surface area is 127 Å². The normalized spacial score (nSPS) is 26.2. The number of hydrogen-bond acceptors (Lipinski definition) is 3. The Kier molecular flexibility index (Phi) is 5.54. The second-order valence-electron chi connectivity index (χ2n) is 5.54. The smallest absolute Gasteiger partial charge is 0.314 e. The van der Waals surface area contributed by atoms with Crippen LogP contribution >= 0.6 is 11.8 Å². The van der Waals surface area contributed by atoms with Gasteiger partial charge in [0, 0.05) is 17.5 Å². The predicted molar refractivity (Wildman–Crippen MR) is 79.4 cm³/mol. The van der Waals surface area contributed by atoms with E-state index in [4.69, 9.17) is 0 Å². The van der Waals surface area contributed by atoms with Crippen LogP contribution in [0.2, 0.25) is 0 Å². The average molecular weight is 318 g/mol. The van der Waals surface area contributed by atoms with Crippen molar-refractivity contribution in [3.63, 3.8) is 0 Å². The van der Waals surface area contributed by atoms with E-state index in [1.165, 1.54) is 6.07 Å². The van der Waals surface area contributed by atoms with Crippen LogP contribution in [0, 0.1) is 5.92 Å². The van der Waals surface area contributed by atoms with Crippen LogP contribution in [0.1, 0.15) is 38.7 Å². The molecule has 0 aliphatic heterocycles. The lowest BCUT2D eigenvalue weighted by Crippen LogP contribution is -2.33. The Hall–Kier alpha value is -0.750. The first kappa shape index (κ1) is 16.6. The lowest BCUT2D eigenvalue weighted by atomic mass is 10.1. The third kappa shape index (κ3) is 4.36. The summed E-state index contributed by atoms with van der Waals surface area (Å²) >= 11 is 1.60. The summed E-state index contributed by atoms with van der Waals surface area (Å²) in [6.45, 7) is 5.37. The third-order valence-electron chi connectivity index (χ3n) is 3.98. The van der Waals surface area contributed by atoms with Gasteiger partial charge in [-0.15, -0.1) is 11.8 Å². The second-order valence-corrected chi connectivity index (χ2v) is 6.80. The summed E-state index contributed by atoms with van der Waals surface area (Å²) in [4.78, 5) is 3.95. The van der Waals surface area contributed by atoms with Crippen molar-refractivity contribution in [2.45, 2.75) is 55.6 Å². The molecule has 6 heteroatoms. The van der Waals surface area contributed by atoms with E-state index in [-0.39, 0.29) is 0 Å². The lowest BCUT2D eigenvalue weighted by Gasteiger charge is -2.21. The van der Waals surface area contributed by atoms with Crippen LogP contribution in [-0.2, 0) is 6.18 Å². The summed E-state index contributed by atoms with van der Waals surface area (Å²) in [5.41, 5.74) is -0.686. The number of rotatable bonds is 5. The molecule has 21 heavy (non-hydrogen) atoms. The number of hydrogen-bond donors (Lipinski definition) is 1. The Balaban J connectivity index is 1.93. The molecule has 1 fully saturated rings. The van der Waals surface area contributed by atoms with Gasteiger partial charge >= 0.3 is 6.18 Å². The number of pyridine rings is 1. The second kappa shape index (κ2) is 7.01. The zero-order chi connectivity index (χ0) is 15.5. The summed E-state index contributed by atoms with van der Waals surface area (Å²) in [5.74, 6) is 0.505. The molecule has 0 aromatic carbocycles. The zero-order valence-corrected chi connectivity index (χ0v) is 13.1. The monoisotopic (exact) mass is 318 g/mol. The molecule has 1 N–H and O–H groups in total. The summed E-state index contributed by atoms with van der Waals surface area (Å²) in [5, 5.41) is 4.64. The lowest BCUT2D eigenvalue weighted by molar-refractivity contribution is -0.137. The van der Waals surface area contributed by atoms with Gasteiger partial charge in [0.1, 0.15) is 0 Å². The van der Waals surface area contributed by atoms with Gasteiger partial charge in [0.25, 0.3) is 0 Å². The van der Waals surface area contributed by atoms with E-state index in [9.17, 15) is 13.2 Å². The molecule has 2 nitrogen and oxygen atoms in total. The average Bonchev–Trinajstić information content (AvgIpc) is 2.77. The van der Waals surface area contributed by atoms with Crippen LogP contribution in [0.3, 0.4) is 0 Å². The van der Waals surface area contributed by atoms with E-state index in [0.717, 1.165) is 38.1 Å². The summed E-state index contributed by atoms with van der Waals surface area (Å²) in [7, 11) is 0. The van der Waals surface area contributed by atoms with E-state index < -0.39 is 11.7 Å². The van der Waals surface area contributed by atoms with Gasteiger partial charge in [0.2, 0.25) is 0 Å². The molecule has 1 saturated carbocycles. The maximum atomic E-state index is 12.5. The topological polar surface area (TPSA) is 24.9 Å². The molecule has 1 aliphatic carbocycles. The quantitative estimate of drug-likeness (QED) is 0.873. The molecule has 118 valence electrons. The standard InChI is InChI=1S/C15H21F3N2S/c1-3-8-19-12-5-6-13(10(12)2)21-14-7-4-11(9-20-14)15(16,17)18/h4,7,9-10,12-13,19H,3,5-6,8H2,1-2H3. The van der Waals surface area contributed by atoms with Crippen LogP contribution in [0.15, 0.2) is 23.4 Å². The maximum Gasteiger partial charge on any atom is 0.417 e. The minimum Gasteiger partial charge on any atom is -0.314 e. The molecule has 0 amide bonds. The van der Waals surface area contributed by atoms with E-state index in [0.29, 0.717) is 22.2 Å². The summed E-state index contributed by atoms with van der Waals surface area (Å²) in [6, 6.07) is 3.10. The first-order valence-electron chi connectivity index (χ1n) is 7.35. The van der Waals surface area contributed by atoms with Crippen molar-refractivity contribution in [3.05, 3.63) is 23.9 Å². The molecule has 0 bridgehead atoms. The van der Waals surface area contributed by atoms with Crippen molar-refractivity contribution in [1.82, 2.24) is 10.3 Å². The third-order valence-corrected chi connectivity index (χ3v) is 5.43. The molecular formula is C15H21F3N2S. The van der Waals surface area contributed by atoms with Crippen molar-refractivity contribution in [3.8, 4) is 0 Å². The van der Waals surface area contributed by atoms with Crippen molar-refractivity contribution >= 4 is 11.8 Å². The van der Waals surface area contributed by atoms with E-state index in [1.54, 1.807) is 11.8 Å². The first-order chi connectivity index (χ1) is 9.91. The number of thioether (sulfide) groups is 1. The van der Waals surface area contributed by atoms with Gasteiger partial charge in [0.15, 0.2) is 0 Å². The molecule has 2 rings (SSSR count). The fourth-order valence-electron chi connectivity index (χ4n) is 2.69. The Morgan fingerprint density at radius 2 is 2.10 bits per heavy atom. The Morgan fingerprint density at radius 1 is 1.33 bits per heavy atom. The van der Waals surface area contributed by atoms with Crippen molar-refractivity contribution in [2.24, 2.45) is 5.92 Å². The van der Waals surface area contributed by atoms with Crippen molar-refractivity contribution < 1.29 is 13.2 Å². The minimum atomic E-state index is -4.31. The molecule has 1 heterocycles. The largest absolute Gasteiger partial charge is 0.417 e. The van der Waals surface area contributed by atoms with E-state index in [1.807, 2.05) is 0 Å². The molecule has 1 aromatic rings. The maximum absolute atomic E-state index is 12.5. The highest BCUT2D eigenvalue weighted by molar-refractivity contribution is 7.99. The van der Waals surface area contributed by atoms with Gasteiger partial charge in [0.05, 0.1) is 10.6 Å². The number of nitrogens with one attached hydrogen (secondary N) is 1. The number of nitrogens with zero attached hydrogens (tertiary/aromatic N) is 1. The summed E-state index contributed by atoms with van der Waals surface area (Å²) in [6.07, 6.45) is -0.0718. The number of alkyl halides is 3. The predicted octanol–water partition coefficient (Wildman–Crippen LogP) is 4.36. The molecule has 0 radical (unpaired) electrons. The van der Waals surface area contributed by atoms with Crippen LogP contribution in [0.4, 0.5) is 13.2 Å². The van der Waals surface area contributed by atoms with Crippen LogP contribution in [0.25, 0.3) is 0 Å². The van der Waals surface area contributed by atoms with Gasteiger partial charge in [-0.3, -0.25) is 0 Å². The molecular weight excluding hydrogens is 297 g/mol. The SMILES string of the molecule is CCCNC1CCC(Sc2ccc(C(F)(F)F)cn2)C1C. The van der Waals surface area contributed by atoms with E-state index >= 15 is 0 Å².